The van der Waals surface area contributed by atoms with Gasteiger partial charge in [-0.15, -0.1) is 11.3 Å². The van der Waals surface area contributed by atoms with Crippen LogP contribution in [0.2, 0.25) is 0 Å². The molecule has 3 heteroatoms. The molecular weight excluding hydrogens is 637 g/mol. The van der Waals surface area contributed by atoms with E-state index in [0.717, 1.165) is 17.1 Å². The summed E-state index contributed by atoms with van der Waals surface area (Å²) >= 11 is 1.86. The van der Waals surface area contributed by atoms with Crippen molar-refractivity contribution in [2.75, 3.05) is 4.90 Å². The molecule has 10 rings (SSSR count). The number of fused-ring (bicyclic) bond motifs is 6. The molecule has 51 heavy (non-hydrogen) atoms. The molecule has 0 saturated carbocycles. The molecule has 2 aromatic heterocycles. The van der Waals surface area contributed by atoms with E-state index >= 15 is 0 Å². The number of para-hydroxylation sites is 4. The fraction of sp³-hybridized carbons (Fsp3) is 0. The second-order valence-corrected chi connectivity index (χ2v) is 14.0. The molecule has 0 radical (unpaired) electrons. The fourth-order valence-corrected chi connectivity index (χ4v) is 8.78. The molecule has 0 spiro atoms. The molecule has 0 aliphatic carbocycles. The van der Waals surface area contributed by atoms with Crippen molar-refractivity contribution < 1.29 is 0 Å². The van der Waals surface area contributed by atoms with Crippen molar-refractivity contribution in [3.8, 4) is 27.9 Å². The van der Waals surface area contributed by atoms with Crippen molar-refractivity contribution in [2.24, 2.45) is 0 Å². The van der Waals surface area contributed by atoms with Gasteiger partial charge in [0.05, 0.1) is 16.7 Å². The van der Waals surface area contributed by atoms with Crippen LogP contribution >= 0.6 is 11.3 Å². The third kappa shape index (κ3) is 5.01. The summed E-state index contributed by atoms with van der Waals surface area (Å²) in [5, 5.41) is 5.16. The van der Waals surface area contributed by atoms with E-state index in [1.54, 1.807) is 0 Å². The van der Waals surface area contributed by atoms with Crippen LogP contribution in [0.1, 0.15) is 0 Å². The lowest BCUT2D eigenvalue weighted by molar-refractivity contribution is 1.18. The van der Waals surface area contributed by atoms with Gasteiger partial charge in [-0.2, -0.15) is 0 Å². The Labute approximate surface area is 300 Å². The number of aromatic nitrogens is 1. The van der Waals surface area contributed by atoms with Gasteiger partial charge < -0.3 is 9.47 Å². The second kappa shape index (κ2) is 12.2. The first-order valence-corrected chi connectivity index (χ1v) is 18.2. The maximum absolute atomic E-state index is 2.41. The van der Waals surface area contributed by atoms with E-state index in [0.29, 0.717) is 0 Å². The lowest BCUT2D eigenvalue weighted by Crippen LogP contribution is -2.09. The van der Waals surface area contributed by atoms with Gasteiger partial charge in [-0.05, 0) is 83.4 Å². The SMILES string of the molecule is c1ccc(N(c2ccc(-c3cccc(-c4ccccc4-n4c5ccccc5c5ccccc54)c3)cc2)c2ccc3c(c2)sc2ccccc23)cc1. The van der Waals surface area contributed by atoms with Gasteiger partial charge in [-0.3, -0.25) is 0 Å². The Hall–Kier alpha value is -6.42. The summed E-state index contributed by atoms with van der Waals surface area (Å²) in [7, 11) is 0. The number of hydrogen-bond acceptors (Lipinski definition) is 2. The molecule has 0 N–H and O–H groups in total. The number of benzene rings is 8. The van der Waals surface area contributed by atoms with Gasteiger partial charge in [-0.25, -0.2) is 0 Å². The van der Waals surface area contributed by atoms with E-state index in [1.807, 2.05) is 11.3 Å². The number of thiophene rings is 1. The Kier molecular flexibility index (Phi) is 7.04. The zero-order chi connectivity index (χ0) is 33.7. The maximum Gasteiger partial charge on any atom is 0.0541 e. The van der Waals surface area contributed by atoms with Crippen LogP contribution in [0.3, 0.4) is 0 Å². The standard InChI is InChI=1S/C48H32N2S/c1-2-15-36(16-3-1)49(38-29-30-43-42-20-7-11-24-47(42)51-48(43)32-38)37-27-25-33(26-28-37)34-13-12-14-35(31-34)39-17-4-8-21-44(39)50-45-22-9-5-18-40(45)41-19-6-10-23-46(41)50/h1-32H. The average Bonchev–Trinajstić information content (AvgIpc) is 3.74. The molecule has 8 aromatic carbocycles. The van der Waals surface area contributed by atoms with Crippen molar-refractivity contribution in [3.05, 3.63) is 194 Å². The van der Waals surface area contributed by atoms with Gasteiger partial charge in [0.2, 0.25) is 0 Å². The molecular formula is C48H32N2S. The largest absolute Gasteiger partial charge is 0.310 e. The van der Waals surface area contributed by atoms with Gasteiger partial charge in [0.1, 0.15) is 0 Å². The van der Waals surface area contributed by atoms with Crippen molar-refractivity contribution >= 4 is 70.4 Å². The second-order valence-electron chi connectivity index (χ2n) is 13.0. The third-order valence-corrected chi connectivity index (χ3v) is 11.1. The molecule has 2 nitrogen and oxygen atoms in total. The molecule has 0 aliphatic heterocycles. The van der Waals surface area contributed by atoms with E-state index in [4.69, 9.17) is 0 Å². The summed E-state index contributed by atoms with van der Waals surface area (Å²) in [5.74, 6) is 0. The summed E-state index contributed by atoms with van der Waals surface area (Å²) < 4.78 is 5.03. The van der Waals surface area contributed by atoms with Crippen LogP contribution in [0, 0.1) is 0 Å². The first-order chi connectivity index (χ1) is 25.3. The van der Waals surface area contributed by atoms with E-state index in [1.165, 1.54) is 69.9 Å². The molecule has 0 atom stereocenters. The zero-order valence-electron chi connectivity index (χ0n) is 27.8. The molecule has 0 bridgehead atoms. The van der Waals surface area contributed by atoms with Crippen LogP contribution in [0.25, 0.3) is 69.9 Å². The van der Waals surface area contributed by atoms with Crippen LogP contribution in [-0.4, -0.2) is 4.57 Å². The third-order valence-electron chi connectivity index (χ3n) is 9.99. The molecule has 0 unspecified atom stereocenters. The minimum atomic E-state index is 1.12. The van der Waals surface area contributed by atoms with E-state index in [2.05, 4.69) is 204 Å². The predicted molar refractivity (Wildman–Crippen MR) is 219 cm³/mol. The molecule has 240 valence electrons. The summed E-state index contributed by atoms with van der Waals surface area (Å²) in [4.78, 5) is 2.35. The fourth-order valence-electron chi connectivity index (χ4n) is 7.64. The van der Waals surface area contributed by atoms with Crippen molar-refractivity contribution in [2.45, 2.75) is 0 Å². The highest BCUT2D eigenvalue weighted by molar-refractivity contribution is 7.25. The summed E-state index contributed by atoms with van der Waals surface area (Å²) in [5.41, 5.74) is 11.8. The Morgan fingerprint density at radius 1 is 0.353 bits per heavy atom. The van der Waals surface area contributed by atoms with Gasteiger partial charge in [0.15, 0.2) is 0 Å². The van der Waals surface area contributed by atoms with E-state index in [9.17, 15) is 0 Å². The average molecular weight is 669 g/mol. The molecule has 0 aliphatic rings. The number of hydrogen-bond donors (Lipinski definition) is 0. The molecule has 10 aromatic rings. The van der Waals surface area contributed by atoms with Gasteiger partial charge in [0.25, 0.3) is 0 Å². The monoisotopic (exact) mass is 668 g/mol. The van der Waals surface area contributed by atoms with Crippen molar-refractivity contribution in [3.63, 3.8) is 0 Å². The van der Waals surface area contributed by atoms with Crippen LogP contribution in [0.15, 0.2) is 194 Å². The minimum Gasteiger partial charge on any atom is -0.310 e. The van der Waals surface area contributed by atoms with Crippen LogP contribution in [-0.2, 0) is 0 Å². The smallest absolute Gasteiger partial charge is 0.0541 e. The first kappa shape index (κ1) is 29.5. The zero-order valence-corrected chi connectivity index (χ0v) is 28.6. The van der Waals surface area contributed by atoms with E-state index in [-0.39, 0.29) is 0 Å². The van der Waals surface area contributed by atoms with Crippen LogP contribution in [0.4, 0.5) is 17.1 Å². The number of anilines is 3. The highest BCUT2D eigenvalue weighted by Crippen LogP contribution is 2.41. The van der Waals surface area contributed by atoms with E-state index < -0.39 is 0 Å². The predicted octanol–water partition coefficient (Wildman–Crippen LogP) is 14.0. The highest BCUT2D eigenvalue weighted by atomic mass is 32.1. The Bertz CT molecular complexity index is 2810. The summed E-state index contributed by atoms with van der Waals surface area (Å²) in [6.07, 6.45) is 0. The maximum atomic E-state index is 2.41. The molecule has 0 fully saturated rings. The lowest BCUT2D eigenvalue weighted by Gasteiger charge is -2.25. The minimum absolute atomic E-state index is 1.12. The Morgan fingerprint density at radius 3 is 1.73 bits per heavy atom. The van der Waals surface area contributed by atoms with Crippen molar-refractivity contribution in [1.82, 2.24) is 4.57 Å². The molecule has 0 amide bonds. The summed E-state index contributed by atoms with van der Waals surface area (Å²) in [6, 6.07) is 70.3. The Morgan fingerprint density at radius 2 is 0.941 bits per heavy atom. The topological polar surface area (TPSA) is 8.17 Å². The Balaban J connectivity index is 1.04. The summed E-state index contributed by atoms with van der Waals surface area (Å²) in [6.45, 7) is 0. The highest BCUT2D eigenvalue weighted by Gasteiger charge is 2.17. The normalized spacial score (nSPS) is 11.5. The van der Waals surface area contributed by atoms with Crippen LogP contribution in [0.5, 0.6) is 0 Å². The van der Waals surface area contributed by atoms with Gasteiger partial charge in [-0.1, -0.05) is 127 Å². The number of rotatable bonds is 6. The first-order valence-electron chi connectivity index (χ1n) is 17.4. The number of nitrogens with zero attached hydrogens (tertiary/aromatic N) is 2. The van der Waals surface area contributed by atoms with Gasteiger partial charge >= 0.3 is 0 Å². The molecule has 0 saturated heterocycles. The van der Waals surface area contributed by atoms with Crippen molar-refractivity contribution in [1.29, 1.82) is 0 Å². The lowest BCUT2D eigenvalue weighted by atomic mass is 9.97. The van der Waals surface area contributed by atoms with Gasteiger partial charge in [0, 0.05) is 53.6 Å². The quantitative estimate of drug-likeness (QED) is 0.171. The molecule has 2 heterocycles. The van der Waals surface area contributed by atoms with Crippen LogP contribution < -0.4 is 4.90 Å².